The van der Waals surface area contributed by atoms with Crippen LogP contribution in [0.4, 0.5) is 0 Å². The summed E-state index contributed by atoms with van der Waals surface area (Å²) in [7, 11) is 0. The molecule has 0 spiro atoms. The summed E-state index contributed by atoms with van der Waals surface area (Å²) in [6, 6.07) is 36.2. The first-order valence-electron chi connectivity index (χ1n) is 19.3. The molecule has 2 aliphatic rings. The molecule has 0 aliphatic heterocycles. The van der Waals surface area contributed by atoms with E-state index in [4.69, 9.17) is 0 Å². The predicted octanol–water partition coefficient (Wildman–Crippen LogP) is 14.0. The van der Waals surface area contributed by atoms with Crippen molar-refractivity contribution < 1.29 is 0 Å². The molecule has 0 radical (unpaired) electrons. The van der Waals surface area contributed by atoms with Gasteiger partial charge in [-0.05, 0) is 65.4 Å². The second-order valence-corrected chi connectivity index (χ2v) is 19.4. The summed E-state index contributed by atoms with van der Waals surface area (Å²) in [5.74, 6) is 2.65. The van der Waals surface area contributed by atoms with Crippen molar-refractivity contribution in [3.8, 4) is 0 Å². The van der Waals surface area contributed by atoms with Crippen LogP contribution < -0.4 is 10.4 Å². The third kappa shape index (κ3) is 6.47. The highest BCUT2D eigenvalue weighted by Crippen LogP contribution is 2.48. The molecule has 6 aromatic rings. The molecule has 8 rings (SSSR count). The van der Waals surface area contributed by atoms with Gasteiger partial charge in [-0.15, -0.1) is 5.73 Å². The van der Waals surface area contributed by atoms with Gasteiger partial charge in [0.15, 0.2) is 0 Å². The normalized spacial score (nSPS) is 14.5. The smallest absolute Gasteiger partial charge is 0.0976 e. The van der Waals surface area contributed by atoms with Gasteiger partial charge in [-0.1, -0.05) is 202 Å². The first-order chi connectivity index (χ1) is 26.0. The lowest BCUT2D eigenvalue weighted by Crippen LogP contribution is -2.22. The number of halogens is 2. The molecule has 55 heavy (non-hydrogen) atoms. The second-order valence-electron chi connectivity index (χ2n) is 17.6. The Hall–Kier alpha value is -4.46. The number of hydrogen-bond acceptors (Lipinski definition) is 0. The van der Waals surface area contributed by atoms with Crippen LogP contribution in [0.25, 0.3) is 38.4 Å². The van der Waals surface area contributed by atoms with Crippen LogP contribution in [0, 0.1) is 31.1 Å². The summed E-state index contributed by atoms with van der Waals surface area (Å²) < 4.78 is 2.11. The lowest BCUT2D eigenvalue weighted by molar-refractivity contribution is 0.472. The average molecular weight is 845 g/mol. The summed E-state index contributed by atoms with van der Waals surface area (Å²) in [4.78, 5) is 0. The van der Waals surface area contributed by atoms with Crippen molar-refractivity contribution in [1.82, 2.24) is 0 Å². The standard InChI is InChI=1S/C53H48Br2/c1-30-23-34(52(5,6)7)24-31(2)48(30)50-40-17-13-11-15-38(40)46(44-27-36(54)19-21-42(44)50)29-47-39-16-12-14-18-41(39)51(43-22-20-37(55)28-45(43)47)49-32(3)25-35(26-33(49)4)53(8,9)10/h11-28H,1-10H3. The van der Waals surface area contributed by atoms with Gasteiger partial charge in [-0.25, -0.2) is 0 Å². The number of aryl methyl sites for hydroxylation is 2. The first kappa shape index (κ1) is 37.5. The molecule has 0 fully saturated rings. The van der Waals surface area contributed by atoms with Gasteiger partial charge < -0.3 is 0 Å². The van der Waals surface area contributed by atoms with Crippen molar-refractivity contribution in [1.29, 1.82) is 0 Å². The number of hydrogen-bond donors (Lipinski definition) is 0. The summed E-state index contributed by atoms with van der Waals surface area (Å²) in [6.45, 7) is 22.9. The fraction of sp³-hybridized carbons (Fsp3) is 0.226. The quantitative estimate of drug-likeness (QED) is 0.114. The van der Waals surface area contributed by atoms with E-state index >= 15 is 0 Å². The molecular weight excluding hydrogens is 796 g/mol. The summed E-state index contributed by atoms with van der Waals surface area (Å²) in [5.41, 5.74) is 19.5. The Kier molecular flexibility index (Phi) is 9.28. The van der Waals surface area contributed by atoms with Gasteiger partial charge in [0, 0.05) is 38.6 Å². The Morgan fingerprint density at radius 3 is 1.80 bits per heavy atom. The lowest BCUT2D eigenvalue weighted by Gasteiger charge is -2.38. The number of rotatable bonds is 1. The van der Waals surface area contributed by atoms with Gasteiger partial charge in [-0.3, -0.25) is 0 Å². The number of allylic oxidation sites excluding steroid dienone is 4. The second kappa shape index (κ2) is 13.6. The van der Waals surface area contributed by atoms with Crippen LogP contribution in [0.2, 0.25) is 0 Å². The highest BCUT2D eigenvalue weighted by Gasteiger charge is 2.33. The molecule has 274 valence electrons. The molecule has 0 unspecified atom stereocenters. The van der Waals surface area contributed by atoms with Gasteiger partial charge in [0.05, 0.1) is 34.8 Å². The maximum absolute atomic E-state index is 4.16. The molecule has 2 heteroatoms. The van der Waals surface area contributed by atoms with Crippen molar-refractivity contribution in [2.24, 2.45) is 5.41 Å². The van der Waals surface area contributed by atoms with Crippen molar-refractivity contribution in [2.75, 3.05) is 0 Å². The monoisotopic (exact) mass is 842 g/mol. The molecule has 0 atom stereocenters. The molecule has 0 N–H and O–H groups in total. The van der Waals surface area contributed by atoms with Crippen molar-refractivity contribution >= 4 is 70.3 Å². The van der Waals surface area contributed by atoms with E-state index in [-0.39, 0.29) is 10.8 Å². The molecule has 6 aromatic carbocycles. The fourth-order valence-electron chi connectivity index (χ4n) is 8.82. The molecule has 0 aromatic heterocycles. The van der Waals surface area contributed by atoms with E-state index in [1.54, 1.807) is 0 Å². The number of benzene rings is 6. The van der Waals surface area contributed by atoms with Crippen LogP contribution >= 0.6 is 31.9 Å². The number of fused-ring (bicyclic) bond motifs is 4. The van der Waals surface area contributed by atoms with Gasteiger partial charge >= 0.3 is 0 Å². The average Bonchev–Trinajstić information content (AvgIpc) is 3.11. The van der Waals surface area contributed by atoms with E-state index < -0.39 is 0 Å². The van der Waals surface area contributed by atoms with E-state index in [1.165, 1.54) is 99.8 Å². The Morgan fingerprint density at radius 1 is 0.582 bits per heavy atom. The van der Waals surface area contributed by atoms with Crippen LogP contribution in [0.3, 0.4) is 0 Å². The molecule has 0 heterocycles. The Balaban J connectivity index is 1.53. The topological polar surface area (TPSA) is 0 Å². The van der Waals surface area contributed by atoms with Crippen LogP contribution in [0.15, 0.2) is 129 Å². The van der Waals surface area contributed by atoms with Crippen LogP contribution in [0.1, 0.15) is 99.9 Å². The fourth-order valence-corrected chi connectivity index (χ4v) is 9.54. The van der Waals surface area contributed by atoms with Crippen LogP contribution in [-0.4, -0.2) is 0 Å². The SMILES string of the molecule is CC1=C[C+](C(C)(C)C)C=C(C)C1=c1c2ccccc2c(=C=C2c3ccccc3[C-](c3c(C)cc(C(C)(C)C)cc3C)c3ccc(Br)cc32)c2cc(Br)ccc12. The van der Waals surface area contributed by atoms with Crippen LogP contribution in [-0.2, 0) is 5.41 Å². The highest BCUT2D eigenvalue weighted by molar-refractivity contribution is 9.10. The van der Waals surface area contributed by atoms with Crippen LogP contribution in [0.5, 0.6) is 0 Å². The maximum Gasteiger partial charge on any atom is 0.0976 e. The largest absolute Gasteiger partial charge is 0.114 e. The third-order valence-corrected chi connectivity index (χ3v) is 12.5. The molecule has 0 saturated carbocycles. The van der Waals surface area contributed by atoms with Gasteiger partial charge in [0.2, 0.25) is 0 Å². The van der Waals surface area contributed by atoms with Gasteiger partial charge in [0.25, 0.3) is 0 Å². The molecule has 0 bridgehead atoms. The van der Waals surface area contributed by atoms with Gasteiger partial charge in [0.1, 0.15) is 0 Å². The molecular formula is C53H48Br2. The molecule has 0 saturated heterocycles. The minimum absolute atomic E-state index is 0.0696. The molecule has 0 amide bonds. The lowest BCUT2D eigenvalue weighted by atomic mass is 9.70. The molecule has 0 nitrogen and oxygen atoms in total. The van der Waals surface area contributed by atoms with Crippen molar-refractivity contribution in [3.63, 3.8) is 0 Å². The summed E-state index contributed by atoms with van der Waals surface area (Å²) in [6.07, 6.45) is 4.79. The summed E-state index contributed by atoms with van der Waals surface area (Å²) in [5, 5.41) is 7.25. The molecule has 2 aliphatic carbocycles. The minimum Gasteiger partial charge on any atom is -0.114 e. The summed E-state index contributed by atoms with van der Waals surface area (Å²) >= 11 is 7.76. The maximum atomic E-state index is 4.16. The minimum atomic E-state index is 0.0696. The Morgan fingerprint density at radius 2 is 1.15 bits per heavy atom. The van der Waals surface area contributed by atoms with Crippen molar-refractivity contribution in [2.45, 2.75) is 74.7 Å². The van der Waals surface area contributed by atoms with Crippen molar-refractivity contribution in [3.05, 3.63) is 196 Å². The first-order valence-corrected chi connectivity index (χ1v) is 20.9. The van der Waals surface area contributed by atoms with E-state index in [0.29, 0.717) is 0 Å². The van der Waals surface area contributed by atoms with E-state index in [0.717, 1.165) is 19.7 Å². The zero-order valence-corrected chi connectivity index (χ0v) is 36.8. The third-order valence-electron chi connectivity index (χ3n) is 11.5. The predicted molar refractivity (Wildman–Crippen MR) is 244 cm³/mol. The Labute approximate surface area is 344 Å². The van der Waals surface area contributed by atoms with Gasteiger partial charge in [-0.2, -0.15) is 0 Å². The highest BCUT2D eigenvalue weighted by atomic mass is 79.9. The zero-order chi connectivity index (χ0) is 39.1. The van der Waals surface area contributed by atoms with E-state index in [2.05, 4.69) is 216 Å². The van der Waals surface area contributed by atoms with E-state index in [1.807, 2.05) is 0 Å². The van der Waals surface area contributed by atoms with E-state index in [9.17, 15) is 0 Å². The zero-order valence-electron chi connectivity index (χ0n) is 33.6. The Bertz CT molecular complexity index is 2780.